The van der Waals surface area contributed by atoms with Gasteiger partial charge >= 0.3 is 6.18 Å². The minimum Gasteiger partial charge on any atom is -0.388 e. The Kier molecular flexibility index (Phi) is 14.5. The molecule has 0 spiro atoms. The summed E-state index contributed by atoms with van der Waals surface area (Å²) in [5, 5.41) is 9.70. The van der Waals surface area contributed by atoms with Crippen molar-refractivity contribution in [1.82, 2.24) is 25.3 Å². The number of hydrogen-bond acceptors (Lipinski definition) is 9. The van der Waals surface area contributed by atoms with Crippen molar-refractivity contribution in [3.05, 3.63) is 30.0 Å². The Hall–Kier alpha value is -3.45. The van der Waals surface area contributed by atoms with Crippen molar-refractivity contribution < 1.29 is 27.2 Å². The van der Waals surface area contributed by atoms with Crippen LogP contribution < -0.4 is 15.5 Å². The summed E-state index contributed by atoms with van der Waals surface area (Å²) in [6.07, 6.45) is -2.42. The number of halogens is 3. The Morgan fingerprint density at radius 2 is 1.57 bits per heavy atom. The van der Waals surface area contributed by atoms with Gasteiger partial charge in [-0.05, 0) is 50.2 Å². The summed E-state index contributed by atoms with van der Waals surface area (Å²) in [6.45, 7) is 10.4. The van der Waals surface area contributed by atoms with Crippen molar-refractivity contribution >= 4 is 29.0 Å². The molecule has 0 radical (unpaired) electrons. The molecule has 0 bridgehead atoms. The lowest BCUT2D eigenvalue weighted by Crippen LogP contribution is -2.39. The maximum Gasteiger partial charge on any atom is 0.401 e. The van der Waals surface area contributed by atoms with Crippen molar-refractivity contribution in [2.75, 3.05) is 70.2 Å². The normalized spacial score (nSPS) is 15.8. The van der Waals surface area contributed by atoms with Crippen LogP contribution in [0.25, 0.3) is 22.5 Å². The molecule has 0 aliphatic carbocycles. The van der Waals surface area contributed by atoms with Gasteiger partial charge in [0, 0.05) is 44.4 Å². The van der Waals surface area contributed by atoms with Crippen LogP contribution in [0.5, 0.6) is 0 Å². The molecule has 4 heterocycles. The van der Waals surface area contributed by atoms with Crippen molar-refractivity contribution in [3.63, 3.8) is 0 Å². The number of piperidine rings is 1. The number of carbonyl (C=O) groups excluding carboxylic acids is 1. The number of alkyl halides is 3. The van der Waals surface area contributed by atoms with Gasteiger partial charge in [-0.1, -0.05) is 32.9 Å². The fourth-order valence-corrected chi connectivity index (χ4v) is 4.62. The summed E-state index contributed by atoms with van der Waals surface area (Å²) in [7, 11) is 3.42. The number of nitrogens with zero attached hydrogens (tertiary/aromatic N) is 5. The van der Waals surface area contributed by atoms with E-state index in [4.69, 9.17) is 24.0 Å². The molecule has 0 saturated carbocycles. The van der Waals surface area contributed by atoms with Crippen molar-refractivity contribution in [2.24, 2.45) is 0 Å². The predicted molar refractivity (Wildman–Crippen MR) is 160 cm³/mol. The van der Waals surface area contributed by atoms with Crippen LogP contribution in [-0.4, -0.2) is 92.6 Å². The maximum absolute atomic E-state index is 12.8. The van der Waals surface area contributed by atoms with Crippen molar-refractivity contribution in [3.8, 4) is 11.4 Å². The van der Waals surface area contributed by atoms with Gasteiger partial charge in [-0.25, -0.2) is 9.97 Å². The van der Waals surface area contributed by atoms with Crippen LogP contribution in [0.4, 0.5) is 24.7 Å². The van der Waals surface area contributed by atoms with Crippen LogP contribution in [0.2, 0.25) is 0 Å². The zero-order valence-corrected chi connectivity index (χ0v) is 25.4. The van der Waals surface area contributed by atoms with Crippen LogP contribution >= 0.6 is 0 Å². The monoisotopic (exact) mass is 595 g/mol. The van der Waals surface area contributed by atoms with E-state index < -0.39 is 12.7 Å². The van der Waals surface area contributed by atoms with Crippen LogP contribution in [-0.2, 0) is 9.53 Å². The van der Waals surface area contributed by atoms with E-state index in [2.05, 4.69) is 20.7 Å². The Morgan fingerprint density at radius 3 is 2.10 bits per heavy atom. The molecule has 2 saturated heterocycles. The number of likely N-dealkylation sites (tertiary alicyclic amines) is 1. The zero-order chi connectivity index (χ0) is 31.1. The van der Waals surface area contributed by atoms with Crippen molar-refractivity contribution in [1.29, 1.82) is 0 Å². The summed E-state index contributed by atoms with van der Waals surface area (Å²) in [5.74, 6) is 1.22. The molecule has 1 aromatic carbocycles. The van der Waals surface area contributed by atoms with Crippen LogP contribution in [0.1, 0.15) is 52.1 Å². The van der Waals surface area contributed by atoms with Gasteiger partial charge in [0.1, 0.15) is 11.2 Å². The average molecular weight is 596 g/mol. The quantitative estimate of drug-likeness (QED) is 0.366. The molecule has 13 heteroatoms. The number of rotatable bonds is 6. The molecule has 0 atom stereocenters. The van der Waals surface area contributed by atoms with E-state index in [9.17, 15) is 13.2 Å². The molecule has 2 aliphatic heterocycles. The number of carbonyl (C=O) groups is 1. The first kappa shape index (κ1) is 34.7. The van der Waals surface area contributed by atoms with Gasteiger partial charge in [-0.3, -0.25) is 9.69 Å². The summed E-state index contributed by atoms with van der Waals surface area (Å²) < 4.78 is 49.6. The van der Waals surface area contributed by atoms with Crippen LogP contribution in [0.3, 0.4) is 0 Å². The van der Waals surface area contributed by atoms with E-state index >= 15 is 0 Å². The lowest BCUT2D eigenvalue weighted by Gasteiger charge is -2.31. The summed E-state index contributed by atoms with van der Waals surface area (Å²) in [5.41, 5.74) is 3.70. The summed E-state index contributed by atoms with van der Waals surface area (Å²) in [6, 6.07) is 7.84. The maximum atomic E-state index is 12.8. The smallest absolute Gasteiger partial charge is 0.388 e. The van der Waals surface area contributed by atoms with E-state index in [1.165, 1.54) is 4.90 Å². The SMILES string of the molecule is CC.CC.CNC=O.CNc1ccc(-c2nc(N3CCOCC3)c3onc(C4CCN(CC(F)(F)F)CC4)c3n2)cc1. The number of morpholine rings is 1. The molecule has 2 N–H and O–H groups in total. The molecule has 10 nitrogen and oxygen atoms in total. The second-order valence-electron chi connectivity index (χ2n) is 9.12. The highest BCUT2D eigenvalue weighted by Gasteiger charge is 2.34. The van der Waals surface area contributed by atoms with E-state index in [1.54, 1.807) is 7.05 Å². The van der Waals surface area contributed by atoms with Gasteiger partial charge in [0.05, 0.1) is 19.8 Å². The number of nitrogens with one attached hydrogen (secondary N) is 2. The van der Waals surface area contributed by atoms with Gasteiger partial charge < -0.3 is 24.8 Å². The standard InChI is InChI=1S/C23H27F3N6O2.C2H5NO.2C2H6/c1-27-17-4-2-16(3-5-17)21-28-19-18(15-6-8-31(9-7-15)14-23(24,25)26)30-34-20(19)22(29-21)32-10-12-33-13-11-32;1-3-2-4;2*1-2/h2-5,15,27H,6-14H2,1H3;2H,1H3,(H,3,4);2*1-2H3. The Bertz CT molecular complexity index is 1190. The molecular formula is C29H44F3N7O3. The highest BCUT2D eigenvalue weighted by molar-refractivity contribution is 5.88. The average Bonchev–Trinajstić information content (AvgIpc) is 3.47. The molecular weight excluding hydrogens is 551 g/mol. The largest absolute Gasteiger partial charge is 0.401 e. The third-order valence-corrected chi connectivity index (χ3v) is 6.56. The molecule has 2 fully saturated rings. The van der Waals surface area contributed by atoms with E-state index in [0.29, 0.717) is 87.1 Å². The lowest BCUT2D eigenvalue weighted by atomic mass is 9.93. The summed E-state index contributed by atoms with van der Waals surface area (Å²) in [4.78, 5) is 22.3. The first-order valence-electron chi connectivity index (χ1n) is 14.5. The van der Waals surface area contributed by atoms with E-state index in [0.717, 1.165) is 11.3 Å². The predicted octanol–water partition coefficient (Wildman–Crippen LogP) is 5.32. The molecule has 2 aromatic heterocycles. The first-order chi connectivity index (χ1) is 20.3. The van der Waals surface area contributed by atoms with Crippen LogP contribution in [0.15, 0.2) is 28.8 Å². The number of anilines is 2. The van der Waals surface area contributed by atoms with E-state index in [-0.39, 0.29) is 5.92 Å². The fourth-order valence-electron chi connectivity index (χ4n) is 4.62. The fraction of sp³-hybridized carbons (Fsp3) is 0.586. The Labute approximate surface area is 246 Å². The highest BCUT2D eigenvalue weighted by Crippen LogP contribution is 2.36. The second kappa shape index (κ2) is 17.5. The molecule has 42 heavy (non-hydrogen) atoms. The Morgan fingerprint density at radius 1 is 0.976 bits per heavy atom. The summed E-state index contributed by atoms with van der Waals surface area (Å²) >= 11 is 0. The lowest BCUT2D eigenvalue weighted by molar-refractivity contribution is -0.148. The Balaban J connectivity index is 0.000000699. The number of hydrogen-bond donors (Lipinski definition) is 2. The van der Waals surface area contributed by atoms with Gasteiger partial charge in [0.2, 0.25) is 12.0 Å². The van der Waals surface area contributed by atoms with Gasteiger partial charge in [0.25, 0.3) is 0 Å². The highest BCUT2D eigenvalue weighted by atomic mass is 19.4. The molecule has 2 aliphatic rings. The van der Waals surface area contributed by atoms with Crippen molar-refractivity contribution in [2.45, 2.75) is 52.6 Å². The van der Waals surface area contributed by atoms with Gasteiger partial charge in [-0.2, -0.15) is 13.2 Å². The minimum absolute atomic E-state index is 0.0160. The number of ether oxygens (including phenoxy) is 1. The van der Waals surface area contributed by atoms with Gasteiger partial charge in [-0.15, -0.1) is 0 Å². The number of aromatic nitrogens is 3. The third kappa shape index (κ3) is 9.55. The van der Waals surface area contributed by atoms with E-state index in [1.807, 2.05) is 59.0 Å². The minimum atomic E-state index is -4.19. The number of fused-ring (bicyclic) bond motifs is 1. The topological polar surface area (TPSA) is 109 Å². The number of benzene rings is 1. The second-order valence-corrected chi connectivity index (χ2v) is 9.12. The van der Waals surface area contributed by atoms with Gasteiger partial charge in [0.15, 0.2) is 11.6 Å². The molecule has 3 aromatic rings. The first-order valence-corrected chi connectivity index (χ1v) is 14.5. The number of amides is 1. The molecule has 234 valence electrons. The molecule has 5 rings (SSSR count). The van der Waals surface area contributed by atoms with Crippen LogP contribution in [0, 0.1) is 0 Å². The molecule has 1 amide bonds. The zero-order valence-electron chi connectivity index (χ0n) is 25.4. The third-order valence-electron chi connectivity index (χ3n) is 6.56. The molecule has 0 unspecified atom stereocenters.